The molecule has 2 aromatic heterocycles. The number of allylic oxidation sites excluding steroid dienone is 6. The molecule has 0 bridgehead atoms. The van der Waals surface area contributed by atoms with E-state index in [1.807, 2.05) is 94.4 Å². The molecular formula is C49H51N3O7S2. The van der Waals surface area contributed by atoms with Crippen molar-refractivity contribution in [1.82, 2.24) is 15.5 Å². The summed E-state index contributed by atoms with van der Waals surface area (Å²) < 4.78 is 19.0. The number of carbonyl (C=O) groups excluding carboxylic acids is 4. The van der Waals surface area contributed by atoms with E-state index in [9.17, 15) is 19.2 Å². The van der Waals surface area contributed by atoms with E-state index < -0.39 is 17.8 Å². The minimum absolute atomic E-state index is 0.0450. The van der Waals surface area contributed by atoms with Gasteiger partial charge in [0.2, 0.25) is 0 Å². The molecule has 3 aliphatic heterocycles. The Labute approximate surface area is 364 Å². The van der Waals surface area contributed by atoms with Gasteiger partial charge in [-0.1, -0.05) is 66.7 Å². The summed E-state index contributed by atoms with van der Waals surface area (Å²) in [6.45, 7) is 14.9. The van der Waals surface area contributed by atoms with E-state index in [-0.39, 0.29) is 24.1 Å². The Kier molecular flexibility index (Phi) is 13.8. The zero-order chi connectivity index (χ0) is 43.2. The second-order valence-electron chi connectivity index (χ2n) is 15.4. The number of hydrogen-bond acceptors (Lipinski definition) is 12. The van der Waals surface area contributed by atoms with Crippen molar-refractivity contribution in [2.24, 2.45) is 0 Å². The summed E-state index contributed by atoms with van der Waals surface area (Å²) in [6.07, 6.45) is 0. The van der Waals surface area contributed by atoms with Gasteiger partial charge in [-0.2, -0.15) is 0 Å². The summed E-state index contributed by atoms with van der Waals surface area (Å²) in [5.41, 5.74) is 8.12. The van der Waals surface area contributed by atoms with Gasteiger partial charge in [-0.25, -0.2) is 9.59 Å². The van der Waals surface area contributed by atoms with Crippen LogP contribution in [-0.4, -0.2) is 67.9 Å². The Balaban J connectivity index is 0.000000184. The number of hydrogen-bond donors (Lipinski definition) is 2. The van der Waals surface area contributed by atoms with Crippen molar-refractivity contribution in [2.75, 3.05) is 39.5 Å². The highest BCUT2D eigenvalue weighted by Gasteiger charge is 2.38. The average molecular weight is 858 g/mol. The van der Waals surface area contributed by atoms with E-state index in [1.165, 1.54) is 0 Å². The van der Waals surface area contributed by atoms with Crippen LogP contribution in [0.5, 0.6) is 0 Å². The Morgan fingerprint density at radius 2 is 1.07 bits per heavy atom. The summed E-state index contributed by atoms with van der Waals surface area (Å²) in [5.74, 6) is -1.77. The molecule has 12 heteroatoms. The third kappa shape index (κ3) is 9.48. The number of carbonyl (C=O) groups is 4. The quantitative estimate of drug-likeness (QED) is 0.124. The van der Waals surface area contributed by atoms with Gasteiger partial charge < -0.3 is 24.8 Å². The number of nitrogens with one attached hydrogen (secondary N) is 2. The van der Waals surface area contributed by atoms with Crippen LogP contribution in [0.4, 0.5) is 0 Å². The molecular weight excluding hydrogens is 807 g/mol. The van der Waals surface area contributed by atoms with Gasteiger partial charge in [-0.15, -0.1) is 22.7 Å². The fraction of sp³-hybridized carbons (Fsp3) is 0.306. The maximum absolute atomic E-state index is 13.3. The normalized spacial score (nSPS) is 18.4. The molecule has 3 aromatic carbocycles. The maximum atomic E-state index is 13.3. The molecule has 1 saturated heterocycles. The molecule has 8 rings (SSSR count). The highest BCUT2D eigenvalue weighted by Crippen LogP contribution is 2.45. The van der Waals surface area contributed by atoms with Crippen LogP contribution >= 0.6 is 22.7 Å². The number of morpholine rings is 1. The van der Waals surface area contributed by atoms with Crippen LogP contribution in [-0.2, 0) is 40.0 Å². The predicted molar refractivity (Wildman–Crippen MR) is 242 cm³/mol. The lowest BCUT2D eigenvalue weighted by atomic mass is 9.79. The number of benzene rings is 3. The van der Waals surface area contributed by atoms with Crippen molar-refractivity contribution in [3.05, 3.63) is 151 Å². The lowest BCUT2D eigenvalue weighted by molar-refractivity contribution is -0.141. The molecule has 2 unspecified atom stereocenters. The van der Waals surface area contributed by atoms with Crippen molar-refractivity contribution < 1.29 is 33.4 Å². The molecule has 2 atom stereocenters. The standard InChI is InChI=1S/C25H23NO3S.C24H28N2O4S/c1-15-22(17(3)27)24(20-14-30-21-12-8-7-11-19(20)21)23(16(2)26-15)25(28)29-13-18-9-5-4-6-10-18;1-15-21(17(3)27)23(19-14-31-20-7-5-4-6-18(19)20)22(16(2)25-15)24(28)30-13-10-26-8-11-29-12-9-26/h4-12,14,24,26H,13H2,1-3H3;4-7,14,23,25H,8-13H2,1-3H3. The molecule has 2 N–H and O–H groups in total. The maximum Gasteiger partial charge on any atom is 0.337 e. The number of ketones is 2. The second kappa shape index (κ2) is 19.4. The third-order valence-corrected chi connectivity index (χ3v) is 13.3. The minimum atomic E-state index is -0.455. The topological polar surface area (TPSA) is 123 Å². The SMILES string of the molecule is CC(=O)C1=C(C)NC(C)=C(C(=O)OCCN2CCOCC2)C1c1csc2ccccc12.CC(=O)C1=C(C)NC(C)=C(C(=O)OCc2ccccc2)C1c1csc2ccccc12. The first-order valence-electron chi connectivity index (χ1n) is 20.4. The van der Waals surface area contributed by atoms with Crippen LogP contribution in [0.2, 0.25) is 0 Å². The Morgan fingerprint density at radius 1 is 0.623 bits per heavy atom. The Morgan fingerprint density at radius 3 is 1.56 bits per heavy atom. The fourth-order valence-corrected chi connectivity index (χ4v) is 10.5. The van der Waals surface area contributed by atoms with Gasteiger partial charge in [0, 0.05) is 74.8 Å². The molecule has 61 heavy (non-hydrogen) atoms. The molecule has 5 heterocycles. The summed E-state index contributed by atoms with van der Waals surface area (Å²) >= 11 is 3.25. The van der Waals surface area contributed by atoms with E-state index in [4.69, 9.17) is 14.2 Å². The molecule has 1 fully saturated rings. The Bertz CT molecular complexity index is 2610. The van der Waals surface area contributed by atoms with Gasteiger partial charge in [0.05, 0.1) is 24.4 Å². The van der Waals surface area contributed by atoms with Crippen molar-refractivity contribution in [3.63, 3.8) is 0 Å². The molecule has 0 saturated carbocycles. The van der Waals surface area contributed by atoms with E-state index in [0.29, 0.717) is 48.7 Å². The fourth-order valence-electron chi connectivity index (χ4n) is 8.50. The number of fused-ring (bicyclic) bond motifs is 2. The van der Waals surface area contributed by atoms with E-state index in [2.05, 4.69) is 38.4 Å². The number of dihydropyridines is 2. The van der Waals surface area contributed by atoms with Gasteiger partial charge >= 0.3 is 11.9 Å². The molecule has 0 radical (unpaired) electrons. The molecule has 0 aliphatic carbocycles. The summed E-state index contributed by atoms with van der Waals surface area (Å²) in [5, 5.41) is 12.7. The van der Waals surface area contributed by atoms with Gasteiger partial charge in [-0.3, -0.25) is 14.5 Å². The zero-order valence-electron chi connectivity index (χ0n) is 35.4. The molecule has 0 amide bonds. The van der Waals surface area contributed by atoms with Crippen LogP contribution in [0.3, 0.4) is 0 Å². The van der Waals surface area contributed by atoms with E-state index in [1.54, 1.807) is 36.5 Å². The van der Waals surface area contributed by atoms with Gasteiger partial charge in [-0.05, 0) is 91.9 Å². The highest BCUT2D eigenvalue weighted by atomic mass is 32.1. The lowest BCUT2D eigenvalue weighted by Gasteiger charge is -2.30. The second-order valence-corrected chi connectivity index (χ2v) is 17.2. The van der Waals surface area contributed by atoms with Crippen molar-refractivity contribution in [3.8, 4) is 0 Å². The number of nitrogens with zero attached hydrogens (tertiary/aromatic N) is 1. The van der Waals surface area contributed by atoms with Gasteiger partial charge in [0.15, 0.2) is 11.6 Å². The predicted octanol–water partition coefficient (Wildman–Crippen LogP) is 9.07. The largest absolute Gasteiger partial charge is 0.461 e. The van der Waals surface area contributed by atoms with Crippen LogP contribution in [0.15, 0.2) is 135 Å². The number of esters is 2. The third-order valence-electron chi connectivity index (χ3n) is 11.3. The van der Waals surface area contributed by atoms with Crippen molar-refractivity contribution >= 4 is 66.4 Å². The molecule has 3 aliphatic rings. The average Bonchev–Trinajstić information content (AvgIpc) is 3.88. The van der Waals surface area contributed by atoms with Gasteiger partial charge in [0.25, 0.3) is 0 Å². The summed E-state index contributed by atoms with van der Waals surface area (Å²) in [4.78, 5) is 54.0. The number of ether oxygens (including phenoxy) is 3. The molecule has 0 spiro atoms. The lowest BCUT2D eigenvalue weighted by Crippen LogP contribution is -2.39. The number of rotatable bonds is 11. The monoisotopic (exact) mass is 857 g/mol. The zero-order valence-corrected chi connectivity index (χ0v) is 37.0. The molecule has 316 valence electrons. The van der Waals surface area contributed by atoms with Crippen molar-refractivity contribution in [1.29, 1.82) is 0 Å². The van der Waals surface area contributed by atoms with Crippen LogP contribution < -0.4 is 10.6 Å². The van der Waals surface area contributed by atoms with Crippen LogP contribution in [0, 0.1) is 0 Å². The molecule has 10 nitrogen and oxygen atoms in total. The summed E-state index contributed by atoms with van der Waals surface area (Å²) in [7, 11) is 0. The minimum Gasteiger partial charge on any atom is -0.461 e. The molecule has 5 aromatic rings. The van der Waals surface area contributed by atoms with E-state index in [0.717, 1.165) is 72.7 Å². The van der Waals surface area contributed by atoms with Crippen molar-refractivity contribution in [2.45, 2.75) is 60.0 Å². The van der Waals surface area contributed by atoms with Crippen LogP contribution in [0.1, 0.15) is 70.1 Å². The first kappa shape index (κ1) is 43.4. The van der Waals surface area contributed by atoms with Crippen LogP contribution in [0.25, 0.3) is 20.2 Å². The van der Waals surface area contributed by atoms with Gasteiger partial charge in [0.1, 0.15) is 13.2 Å². The smallest absolute Gasteiger partial charge is 0.337 e. The Hall–Kier alpha value is -5.66. The first-order valence-corrected chi connectivity index (χ1v) is 22.2. The van der Waals surface area contributed by atoms with E-state index >= 15 is 0 Å². The summed E-state index contributed by atoms with van der Waals surface area (Å²) in [6, 6.07) is 25.8. The first-order chi connectivity index (χ1) is 29.4. The number of thiophene rings is 2. The number of Topliss-reactive ketones (excluding diaryl/α,β-unsaturated/α-hetero) is 2. The highest BCUT2D eigenvalue weighted by molar-refractivity contribution is 7.17.